The summed E-state index contributed by atoms with van der Waals surface area (Å²) in [6.07, 6.45) is 10.2. The minimum absolute atomic E-state index is 0.120. The molecule has 8 nitrogen and oxygen atoms in total. The predicted octanol–water partition coefficient (Wildman–Crippen LogP) is 2.56. The largest absolute Gasteiger partial charge is 0.477 e. The third kappa shape index (κ3) is 4.87. The first-order chi connectivity index (χ1) is 15.1. The number of hydrogen-bond donors (Lipinski definition) is 4. The molecule has 1 aromatic rings. The summed E-state index contributed by atoms with van der Waals surface area (Å²) in [6.45, 7) is 8.73. The maximum atomic E-state index is 13.3. The van der Waals surface area contributed by atoms with Gasteiger partial charge in [0, 0.05) is 17.8 Å². The molecular weight excluding hydrogens is 406 g/mol. The van der Waals surface area contributed by atoms with E-state index < -0.39 is 5.60 Å². The average molecular weight is 446 g/mol. The van der Waals surface area contributed by atoms with Crippen LogP contribution in [0, 0.1) is 23.7 Å². The van der Waals surface area contributed by atoms with E-state index in [-0.39, 0.29) is 17.5 Å². The molecule has 4 aliphatic rings. The van der Waals surface area contributed by atoms with Crippen molar-refractivity contribution in [3.8, 4) is 5.88 Å². The van der Waals surface area contributed by atoms with E-state index in [1.165, 1.54) is 0 Å². The Morgan fingerprint density at radius 3 is 2.62 bits per heavy atom. The number of ether oxygens (including phenoxy) is 1. The summed E-state index contributed by atoms with van der Waals surface area (Å²) >= 11 is 0. The summed E-state index contributed by atoms with van der Waals surface area (Å²) < 4.78 is 7.69. The fourth-order valence-electron chi connectivity index (χ4n) is 6.07. The molecule has 0 saturated heterocycles. The maximum Gasteiger partial charge on any atom is 0.258 e. The van der Waals surface area contributed by atoms with Crippen LogP contribution in [0.5, 0.6) is 5.88 Å². The standard InChI is InChI=1S/C24H39N5O3/c1-15(2)14-32-22-19(13-26-29(22)7-6-23(3,4)28-25-5)21(30)27-20-17-8-16-9-18(20)12-24(31,10-16)11-17/h6-7,13,15-18,20,25,28,31H,8-12,14H2,1-5H3,(H,27,30)/b7-6+. The molecule has 4 N–H and O–H groups in total. The normalized spacial score (nSPS) is 31.6. The first-order valence-corrected chi connectivity index (χ1v) is 12.0. The van der Waals surface area contributed by atoms with Gasteiger partial charge in [0.25, 0.3) is 5.91 Å². The van der Waals surface area contributed by atoms with Crippen LogP contribution in [0.4, 0.5) is 0 Å². The van der Waals surface area contributed by atoms with Crippen molar-refractivity contribution in [2.45, 2.75) is 77.0 Å². The molecule has 1 aromatic heterocycles. The molecule has 0 aromatic carbocycles. The third-order valence-corrected chi connectivity index (χ3v) is 7.17. The first kappa shape index (κ1) is 23.3. The minimum Gasteiger partial charge on any atom is -0.477 e. The Morgan fingerprint density at radius 1 is 1.34 bits per heavy atom. The van der Waals surface area contributed by atoms with E-state index in [4.69, 9.17) is 4.74 Å². The summed E-state index contributed by atoms with van der Waals surface area (Å²) in [7, 11) is 1.83. The molecule has 4 saturated carbocycles. The van der Waals surface area contributed by atoms with Gasteiger partial charge in [-0.3, -0.25) is 10.2 Å². The molecule has 32 heavy (non-hydrogen) atoms. The van der Waals surface area contributed by atoms with Crippen molar-refractivity contribution < 1.29 is 14.6 Å². The van der Waals surface area contributed by atoms with Crippen LogP contribution in [0.15, 0.2) is 12.3 Å². The van der Waals surface area contributed by atoms with Gasteiger partial charge in [0.2, 0.25) is 5.88 Å². The summed E-state index contributed by atoms with van der Waals surface area (Å²) in [5.41, 5.74) is 5.76. The number of hydrazine groups is 1. The maximum absolute atomic E-state index is 13.3. The molecule has 178 valence electrons. The molecule has 8 heteroatoms. The SMILES string of the molecule is CNNC(C)(C)/C=C/n1ncc(C(=O)NC2C3CC4CC2CC(O)(C4)C3)c1OCC(C)C. The van der Waals surface area contributed by atoms with Gasteiger partial charge in [-0.2, -0.15) is 5.10 Å². The van der Waals surface area contributed by atoms with Gasteiger partial charge in [0.05, 0.1) is 18.4 Å². The highest BCUT2D eigenvalue weighted by Gasteiger charge is 2.55. The fourth-order valence-corrected chi connectivity index (χ4v) is 6.07. The summed E-state index contributed by atoms with van der Waals surface area (Å²) in [4.78, 5) is 13.3. The highest BCUT2D eigenvalue weighted by molar-refractivity contribution is 5.96. The summed E-state index contributed by atoms with van der Waals surface area (Å²) in [5.74, 6) is 1.98. The number of rotatable bonds is 9. The van der Waals surface area contributed by atoms with Crippen molar-refractivity contribution in [2.24, 2.45) is 23.7 Å². The van der Waals surface area contributed by atoms with Gasteiger partial charge in [0.15, 0.2) is 0 Å². The van der Waals surface area contributed by atoms with E-state index in [9.17, 15) is 9.90 Å². The fraction of sp³-hybridized carbons (Fsp3) is 0.750. The molecule has 0 radical (unpaired) electrons. The molecule has 4 bridgehead atoms. The smallest absolute Gasteiger partial charge is 0.258 e. The molecule has 4 aliphatic carbocycles. The predicted molar refractivity (Wildman–Crippen MR) is 124 cm³/mol. The lowest BCUT2D eigenvalue weighted by Gasteiger charge is -2.58. The van der Waals surface area contributed by atoms with E-state index >= 15 is 0 Å². The van der Waals surface area contributed by atoms with Crippen LogP contribution in [0.1, 0.15) is 70.2 Å². The topological polar surface area (TPSA) is 100 Å². The second-order valence-electron chi connectivity index (χ2n) is 11.1. The molecule has 2 atom stereocenters. The van der Waals surface area contributed by atoms with Gasteiger partial charge >= 0.3 is 0 Å². The van der Waals surface area contributed by atoms with Crippen molar-refractivity contribution in [1.82, 2.24) is 25.9 Å². The Labute approximate surface area is 191 Å². The van der Waals surface area contributed by atoms with Gasteiger partial charge in [-0.1, -0.05) is 13.8 Å². The highest BCUT2D eigenvalue weighted by atomic mass is 16.5. The number of hydrogen-bond acceptors (Lipinski definition) is 6. The molecule has 5 rings (SSSR count). The third-order valence-electron chi connectivity index (χ3n) is 7.17. The molecule has 0 spiro atoms. The number of carbonyl (C=O) groups is 1. The summed E-state index contributed by atoms with van der Waals surface area (Å²) in [5, 5.41) is 18.6. The van der Waals surface area contributed by atoms with E-state index in [1.807, 2.05) is 33.2 Å². The Bertz CT molecular complexity index is 846. The number of carbonyl (C=O) groups excluding carboxylic acids is 1. The lowest BCUT2D eigenvalue weighted by atomic mass is 9.52. The van der Waals surface area contributed by atoms with Crippen molar-refractivity contribution in [3.63, 3.8) is 0 Å². The molecular formula is C24H39N5O3. The number of aliphatic hydroxyl groups is 1. The number of nitrogens with zero attached hydrogens (tertiary/aromatic N) is 2. The Balaban J connectivity index is 1.52. The van der Waals surface area contributed by atoms with Crippen molar-refractivity contribution in [2.75, 3.05) is 13.7 Å². The summed E-state index contributed by atoms with van der Waals surface area (Å²) in [6, 6.07) is 0.120. The Hall–Kier alpha value is -1.90. The zero-order valence-corrected chi connectivity index (χ0v) is 20.0. The van der Waals surface area contributed by atoms with E-state index in [1.54, 1.807) is 10.9 Å². The van der Waals surface area contributed by atoms with Crippen LogP contribution < -0.4 is 20.9 Å². The monoisotopic (exact) mass is 445 g/mol. The van der Waals surface area contributed by atoms with E-state index in [0.29, 0.717) is 41.7 Å². The highest BCUT2D eigenvalue weighted by Crippen LogP contribution is 2.55. The van der Waals surface area contributed by atoms with Gasteiger partial charge in [-0.05, 0) is 82.7 Å². The van der Waals surface area contributed by atoms with Gasteiger partial charge < -0.3 is 15.2 Å². The first-order valence-electron chi connectivity index (χ1n) is 12.0. The second kappa shape index (κ2) is 8.80. The lowest BCUT2D eigenvalue weighted by Crippen LogP contribution is -2.61. The Morgan fingerprint density at radius 2 is 2.03 bits per heavy atom. The van der Waals surface area contributed by atoms with Crippen molar-refractivity contribution in [3.05, 3.63) is 17.8 Å². The number of aromatic nitrogens is 2. The second-order valence-corrected chi connectivity index (χ2v) is 11.1. The van der Waals surface area contributed by atoms with Crippen LogP contribution >= 0.6 is 0 Å². The number of nitrogens with one attached hydrogen (secondary N) is 3. The zero-order valence-electron chi connectivity index (χ0n) is 20.0. The van der Waals surface area contributed by atoms with Crippen LogP contribution in [0.3, 0.4) is 0 Å². The molecule has 1 amide bonds. The Kier molecular flexibility index (Phi) is 6.40. The van der Waals surface area contributed by atoms with Gasteiger partial charge in [-0.25, -0.2) is 10.1 Å². The quantitative estimate of drug-likeness (QED) is 0.436. The zero-order chi connectivity index (χ0) is 23.1. The molecule has 4 fully saturated rings. The minimum atomic E-state index is -0.507. The van der Waals surface area contributed by atoms with Crippen LogP contribution in [0.2, 0.25) is 0 Å². The van der Waals surface area contributed by atoms with Crippen LogP contribution in [0.25, 0.3) is 6.20 Å². The molecule has 2 unspecified atom stereocenters. The number of amides is 1. The van der Waals surface area contributed by atoms with Gasteiger partial charge in [0.1, 0.15) is 5.56 Å². The van der Waals surface area contributed by atoms with Crippen LogP contribution in [-0.2, 0) is 0 Å². The van der Waals surface area contributed by atoms with E-state index in [2.05, 4.69) is 35.1 Å². The molecule has 1 heterocycles. The average Bonchev–Trinajstić information content (AvgIpc) is 3.09. The van der Waals surface area contributed by atoms with Crippen molar-refractivity contribution in [1.29, 1.82) is 0 Å². The van der Waals surface area contributed by atoms with Gasteiger partial charge in [-0.15, -0.1) is 0 Å². The van der Waals surface area contributed by atoms with Crippen molar-refractivity contribution >= 4 is 12.1 Å². The molecule has 0 aliphatic heterocycles. The van der Waals surface area contributed by atoms with E-state index in [0.717, 1.165) is 32.1 Å². The van der Waals surface area contributed by atoms with Crippen LogP contribution in [-0.4, -0.2) is 51.6 Å². The lowest BCUT2D eigenvalue weighted by molar-refractivity contribution is -0.136.